The van der Waals surface area contributed by atoms with E-state index in [-0.39, 0.29) is 6.04 Å². The first kappa shape index (κ1) is 12.9. The molecule has 6 nitrogen and oxygen atoms in total. The number of hydrogen-bond acceptors (Lipinski definition) is 5. The Hall–Kier alpha value is -0.500. The zero-order valence-electron chi connectivity index (χ0n) is 9.98. The third kappa shape index (κ3) is 2.85. The minimum Gasteiger partial charge on any atom is -0.384 e. The molecule has 0 aromatic carbocycles. The summed E-state index contributed by atoms with van der Waals surface area (Å²) in [6, 6.07) is 0.153. The Labute approximate surface area is 108 Å². The maximum absolute atomic E-state index is 10.6. The number of nitrogens with one attached hydrogen (secondary N) is 1. The van der Waals surface area contributed by atoms with Crippen molar-refractivity contribution in [2.24, 2.45) is 7.05 Å². The summed E-state index contributed by atoms with van der Waals surface area (Å²) in [5, 5.41) is 21.7. The van der Waals surface area contributed by atoms with E-state index in [1.54, 1.807) is 18.7 Å². The van der Waals surface area contributed by atoms with Crippen LogP contribution in [0.4, 0.5) is 0 Å². The molecule has 1 aliphatic heterocycles. The Morgan fingerprint density at radius 2 is 2.47 bits per heavy atom. The van der Waals surface area contributed by atoms with Crippen LogP contribution in [0.2, 0.25) is 0 Å². The first-order valence-electron chi connectivity index (χ1n) is 5.60. The Morgan fingerprint density at radius 1 is 1.71 bits per heavy atom. The lowest BCUT2D eigenvalue weighted by molar-refractivity contribution is -0.00226. The molecule has 0 amide bonds. The highest BCUT2D eigenvalue weighted by Gasteiger charge is 2.33. The molecule has 1 aromatic heterocycles. The van der Waals surface area contributed by atoms with Gasteiger partial charge in [0, 0.05) is 19.6 Å². The fourth-order valence-electron chi connectivity index (χ4n) is 2.23. The number of aliphatic hydroxyl groups is 1. The van der Waals surface area contributed by atoms with Gasteiger partial charge in [0.05, 0.1) is 13.2 Å². The molecule has 2 rings (SSSR count). The van der Waals surface area contributed by atoms with E-state index in [0.29, 0.717) is 23.3 Å². The van der Waals surface area contributed by atoms with Gasteiger partial charge in [0.2, 0.25) is 0 Å². The van der Waals surface area contributed by atoms with Gasteiger partial charge in [-0.15, -0.1) is 5.10 Å². The maximum atomic E-state index is 10.6. The second kappa shape index (κ2) is 5.01. The summed E-state index contributed by atoms with van der Waals surface area (Å²) < 4.78 is 7.56. The van der Waals surface area contributed by atoms with Crippen molar-refractivity contribution in [3.8, 4) is 0 Å². The van der Waals surface area contributed by atoms with E-state index in [9.17, 15) is 5.11 Å². The molecule has 0 aliphatic carbocycles. The van der Waals surface area contributed by atoms with Crippen LogP contribution in [-0.2, 0) is 17.4 Å². The largest absolute Gasteiger partial charge is 0.384 e. The van der Waals surface area contributed by atoms with Crippen LogP contribution in [0.15, 0.2) is 4.60 Å². The number of morpholine rings is 1. The SMILES string of the molecule is Cn1nnc(Br)c1C(C)(O)CC1COCCN1. The van der Waals surface area contributed by atoms with Crippen LogP contribution in [-0.4, -0.2) is 45.9 Å². The molecule has 7 heteroatoms. The van der Waals surface area contributed by atoms with Gasteiger partial charge in [0.25, 0.3) is 0 Å². The molecule has 0 bridgehead atoms. The lowest BCUT2D eigenvalue weighted by Gasteiger charge is -2.31. The lowest BCUT2D eigenvalue weighted by Crippen LogP contribution is -2.45. The van der Waals surface area contributed by atoms with E-state index in [1.807, 2.05) is 0 Å². The molecule has 1 fully saturated rings. The summed E-state index contributed by atoms with van der Waals surface area (Å²) in [7, 11) is 1.77. The van der Waals surface area contributed by atoms with Crippen molar-refractivity contribution >= 4 is 15.9 Å². The standard InChI is InChI=1S/C10H17BrN4O2/c1-10(16,5-7-6-17-4-3-12-7)8-9(11)13-14-15(8)2/h7,12,16H,3-6H2,1-2H3. The van der Waals surface area contributed by atoms with Gasteiger partial charge >= 0.3 is 0 Å². The van der Waals surface area contributed by atoms with E-state index in [1.165, 1.54) is 0 Å². The summed E-state index contributed by atoms with van der Waals surface area (Å²) in [6.07, 6.45) is 0.562. The molecule has 0 spiro atoms. The minimum atomic E-state index is -0.991. The Balaban J connectivity index is 2.12. The average Bonchev–Trinajstić information content (AvgIpc) is 2.59. The van der Waals surface area contributed by atoms with Crippen LogP contribution in [0, 0.1) is 0 Å². The molecule has 2 heterocycles. The smallest absolute Gasteiger partial charge is 0.154 e. The molecule has 0 saturated carbocycles. The van der Waals surface area contributed by atoms with Gasteiger partial charge in [-0.1, -0.05) is 5.21 Å². The summed E-state index contributed by atoms with van der Waals surface area (Å²) in [4.78, 5) is 0. The zero-order chi connectivity index (χ0) is 12.5. The molecule has 1 aromatic rings. The molecular formula is C10H17BrN4O2. The summed E-state index contributed by atoms with van der Waals surface area (Å²) in [5.74, 6) is 0. The van der Waals surface area contributed by atoms with Crippen LogP contribution in [0.25, 0.3) is 0 Å². The lowest BCUT2D eigenvalue weighted by atomic mass is 9.93. The van der Waals surface area contributed by atoms with Crippen molar-refractivity contribution in [1.29, 1.82) is 0 Å². The molecule has 0 radical (unpaired) electrons. The van der Waals surface area contributed by atoms with Crippen molar-refractivity contribution < 1.29 is 9.84 Å². The quantitative estimate of drug-likeness (QED) is 0.832. The van der Waals surface area contributed by atoms with Gasteiger partial charge in [-0.05, 0) is 29.3 Å². The van der Waals surface area contributed by atoms with Gasteiger partial charge < -0.3 is 15.2 Å². The van der Waals surface area contributed by atoms with E-state index >= 15 is 0 Å². The zero-order valence-corrected chi connectivity index (χ0v) is 11.6. The van der Waals surface area contributed by atoms with E-state index < -0.39 is 5.60 Å². The number of nitrogens with zero attached hydrogens (tertiary/aromatic N) is 3. The fraction of sp³-hybridized carbons (Fsp3) is 0.800. The number of halogens is 1. The molecule has 96 valence electrons. The number of hydrogen-bond donors (Lipinski definition) is 2. The molecule has 2 N–H and O–H groups in total. The predicted molar refractivity (Wildman–Crippen MR) is 65.5 cm³/mol. The van der Waals surface area contributed by atoms with E-state index in [0.717, 1.165) is 13.2 Å². The van der Waals surface area contributed by atoms with Crippen molar-refractivity contribution in [2.75, 3.05) is 19.8 Å². The molecule has 1 aliphatic rings. The Bertz CT molecular complexity index is 368. The maximum Gasteiger partial charge on any atom is 0.154 e. The highest BCUT2D eigenvalue weighted by molar-refractivity contribution is 9.10. The monoisotopic (exact) mass is 304 g/mol. The number of rotatable bonds is 3. The first-order valence-corrected chi connectivity index (χ1v) is 6.39. The van der Waals surface area contributed by atoms with Crippen LogP contribution in [0.1, 0.15) is 19.0 Å². The van der Waals surface area contributed by atoms with Crippen LogP contribution >= 0.6 is 15.9 Å². The van der Waals surface area contributed by atoms with Gasteiger partial charge in [-0.2, -0.15) is 0 Å². The van der Waals surface area contributed by atoms with E-state index in [4.69, 9.17) is 4.74 Å². The highest BCUT2D eigenvalue weighted by Crippen LogP contribution is 2.30. The number of aryl methyl sites for hydroxylation is 1. The topological polar surface area (TPSA) is 72.2 Å². The summed E-state index contributed by atoms with van der Waals surface area (Å²) >= 11 is 3.31. The summed E-state index contributed by atoms with van der Waals surface area (Å²) in [5.41, 5.74) is -0.306. The second-order valence-corrected chi connectivity index (χ2v) is 5.31. The van der Waals surface area contributed by atoms with Crippen LogP contribution in [0.3, 0.4) is 0 Å². The van der Waals surface area contributed by atoms with Gasteiger partial charge in [0.15, 0.2) is 4.60 Å². The Kier molecular flexibility index (Phi) is 3.82. The second-order valence-electron chi connectivity index (χ2n) is 4.56. The first-order chi connectivity index (χ1) is 8.00. The van der Waals surface area contributed by atoms with Gasteiger partial charge in [0.1, 0.15) is 11.3 Å². The van der Waals surface area contributed by atoms with Gasteiger partial charge in [-0.3, -0.25) is 0 Å². The predicted octanol–water partition coefficient (Wildman–Crippen LogP) is 0.164. The molecular weight excluding hydrogens is 288 g/mol. The Morgan fingerprint density at radius 3 is 3.00 bits per heavy atom. The number of ether oxygens (including phenoxy) is 1. The molecule has 2 unspecified atom stereocenters. The summed E-state index contributed by atoms with van der Waals surface area (Å²) in [6.45, 7) is 3.95. The normalized spacial score (nSPS) is 24.6. The van der Waals surface area contributed by atoms with Crippen LogP contribution < -0.4 is 5.32 Å². The molecule has 1 saturated heterocycles. The van der Waals surface area contributed by atoms with Crippen molar-refractivity contribution in [2.45, 2.75) is 25.0 Å². The van der Waals surface area contributed by atoms with Crippen molar-refractivity contribution in [3.63, 3.8) is 0 Å². The highest BCUT2D eigenvalue weighted by atomic mass is 79.9. The van der Waals surface area contributed by atoms with Crippen molar-refractivity contribution in [3.05, 3.63) is 10.3 Å². The van der Waals surface area contributed by atoms with Crippen LogP contribution in [0.5, 0.6) is 0 Å². The average molecular weight is 305 g/mol. The fourth-order valence-corrected chi connectivity index (χ4v) is 2.98. The molecule has 17 heavy (non-hydrogen) atoms. The third-order valence-electron chi connectivity index (χ3n) is 2.94. The van der Waals surface area contributed by atoms with E-state index in [2.05, 4.69) is 31.6 Å². The van der Waals surface area contributed by atoms with Gasteiger partial charge in [-0.25, -0.2) is 4.68 Å². The number of aromatic nitrogens is 3. The molecule has 2 atom stereocenters. The van der Waals surface area contributed by atoms with Crippen molar-refractivity contribution in [1.82, 2.24) is 20.3 Å². The minimum absolute atomic E-state index is 0.153. The third-order valence-corrected chi connectivity index (χ3v) is 3.47.